The van der Waals surface area contributed by atoms with Crippen molar-refractivity contribution in [3.8, 4) is 0 Å². The highest BCUT2D eigenvalue weighted by molar-refractivity contribution is 6.78. The van der Waals surface area contributed by atoms with E-state index in [2.05, 4.69) is 49.3 Å². The molecular weight excluding hydrogens is 174 g/mol. The van der Waals surface area contributed by atoms with E-state index in [9.17, 15) is 0 Å². The van der Waals surface area contributed by atoms with Crippen molar-refractivity contribution in [3.63, 3.8) is 0 Å². The molecule has 0 radical (unpaired) electrons. The van der Waals surface area contributed by atoms with Crippen molar-refractivity contribution >= 4 is 13.8 Å². The Morgan fingerprint density at radius 3 is 2.69 bits per heavy atom. The number of rotatable bonds is 0. The van der Waals surface area contributed by atoms with Crippen LogP contribution in [0.5, 0.6) is 0 Å². The predicted octanol–water partition coefficient (Wildman–Crippen LogP) is 2.47. The Labute approximate surface area is 81.4 Å². The molecule has 0 saturated carbocycles. The van der Waals surface area contributed by atoms with Crippen LogP contribution in [0.3, 0.4) is 0 Å². The van der Waals surface area contributed by atoms with Crippen LogP contribution >= 0.6 is 0 Å². The first-order valence-corrected chi connectivity index (χ1v) is 8.29. The van der Waals surface area contributed by atoms with Crippen LogP contribution in [-0.4, -0.2) is 21.3 Å². The van der Waals surface area contributed by atoms with Crippen molar-refractivity contribution in [2.75, 3.05) is 18.1 Å². The van der Waals surface area contributed by atoms with Crippen LogP contribution in [0.2, 0.25) is 13.1 Å². The van der Waals surface area contributed by atoms with Crippen molar-refractivity contribution in [1.82, 2.24) is 0 Å². The van der Waals surface area contributed by atoms with E-state index in [0.717, 1.165) is 0 Å². The molecule has 0 unspecified atom stereocenters. The first-order chi connectivity index (χ1) is 6.08. The molecule has 2 rings (SSSR count). The molecule has 0 spiro atoms. The lowest BCUT2D eigenvalue weighted by molar-refractivity contribution is 0.990. The van der Waals surface area contributed by atoms with Gasteiger partial charge in [0.05, 0.1) is 8.07 Å². The zero-order valence-electron chi connectivity index (χ0n) is 8.67. The summed E-state index contributed by atoms with van der Waals surface area (Å²) in [7, 11) is 1.24. The Kier molecular flexibility index (Phi) is 1.95. The van der Waals surface area contributed by atoms with Gasteiger partial charge >= 0.3 is 0 Å². The molecule has 13 heavy (non-hydrogen) atoms. The zero-order chi connectivity index (χ0) is 9.47. The fourth-order valence-electron chi connectivity index (χ4n) is 2.33. The lowest BCUT2D eigenvalue weighted by Crippen LogP contribution is -2.47. The molecule has 0 aliphatic carbocycles. The van der Waals surface area contributed by atoms with Gasteiger partial charge in [-0.05, 0) is 17.7 Å². The molecule has 0 bridgehead atoms. The van der Waals surface area contributed by atoms with Gasteiger partial charge in [0.15, 0.2) is 0 Å². The summed E-state index contributed by atoms with van der Waals surface area (Å²) >= 11 is 0. The average Bonchev–Trinajstić information content (AvgIpc) is 2.02. The highest BCUT2D eigenvalue weighted by Crippen LogP contribution is 2.29. The third kappa shape index (κ3) is 1.63. The molecular formula is C11H17NSi. The molecule has 70 valence electrons. The van der Waals surface area contributed by atoms with Crippen molar-refractivity contribution in [2.24, 2.45) is 0 Å². The van der Waals surface area contributed by atoms with E-state index in [0.29, 0.717) is 0 Å². The third-order valence-corrected chi connectivity index (χ3v) is 5.41. The summed E-state index contributed by atoms with van der Waals surface area (Å²) in [4.78, 5) is 2.42. The van der Waals surface area contributed by atoms with E-state index >= 15 is 0 Å². The SMILES string of the molecule is CN1C[Si](C)(C)Cc2ccccc21. The summed E-state index contributed by atoms with van der Waals surface area (Å²) in [6.45, 7) is 4.94. The van der Waals surface area contributed by atoms with E-state index in [-0.39, 0.29) is 0 Å². The van der Waals surface area contributed by atoms with Crippen LogP contribution in [-0.2, 0) is 6.04 Å². The number of hydrogen-bond donors (Lipinski definition) is 0. The molecule has 2 heteroatoms. The van der Waals surface area contributed by atoms with Crippen LogP contribution in [0.4, 0.5) is 5.69 Å². The van der Waals surface area contributed by atoms with E-state index in [4.69, 9.17) is 0 Å². The molecule has 0 aromatic heterocycles. The monoisotopic (exact) mass is 191 g/mol. The summed E-state index contributed by atoms with van der Waals surface area (Å²) < 4.78 is 0. The van der Waals surface area contributed by atoms with Gasteiger partial charge in [0, 0.05) is 18.9 Å². The van der Waals surface area contributed by atoms with Gasteiger partial charge < -0.3 is 4.90 Å². The summed E-state index contributed by atoms with van der Waals surface area (Å²) in [6.07, 6.45) is 1.30. The second kappa shape index (κ2) is 2.88. The molecule has 1 aliphatic rings. The van der Waals surface area contributed by atoms with Crippen LogP contribution in [0.1, 0.15) is 5.56 Å². The molecule has 0 saturated heterocycles. The smallest absolute Gasteiger partial charge is 0.0739 e. The molecule has 1 aromatic carbocycles. The number of hydrogen-bond acceptors (Lipinski definition) is 1. The molecule has 1 aliphatic heterocycles. The minimum absolute atomic E-state index is 0.979. The fraction of sp³-hybridized carbons (Fsp3) is 0.455. The largest absolute Gasteiger partial charge is 0.377 e. The van der Waals surface area contributed by atoms with Crippen molar-refractivity contribution in [3.05, 3.63) is 29.8 Å². The van der Waals surface area contributed by atoms with Gasteiger partial charge in [0.1, 0.15) is 0 Å². The predicted molar refractivity (Wildman–Crippen MR) is 60.9 cm³/mol. The van der Waals surface area contributed by atoms with Crippen molar-refractivity contribution < 1.29 is 0 Å². The Bertz CT molecular complexity index is 320. The zero-order valence-corrected chi connectivity index (χ0v) is 9.67. The summed E-state index contributed by atoms with van der Waals surface area (Å²) in [5, 5.41) is 0. The number of anilines is 1. The molecule has 0 fully saturated rings. The molecule has 0 N–H and O–H groups in total. The summed E-state index contributed by atoms with van der Waals surface area (Å²) in [5.41, 5.74) is 2.99. The van der Waals surface area contributed by atoms with Gasteiger partial charge in [-0.15, -0.1) is 0 Å². The minimum Gasteiger partial charge on any atom is -0.377 e. The second-order valence-electron chi connectivity index (χ2n) is 4.83. The minimum atomic E-state index is -0.979. The first kappa shape index (κ1) is 8.82. The van der Waals surface area contributed by atoms with E-state index in [1.807, 2.05) is 0 Å². The number of nitrogens with zero attached hydrogens (tertiary/aromatic N) is 1. The maximum Gasteiger partial charge on any atom is 0.0739 e. The van der Waals surface area contributed by atoms with E-state index in [1.54, 1.807) is 5.56 Å². The molecule has 0 atom stereocenters. The lowest BCUT2D eigenvalue weighted by Gasteiger charge is -2.37. The van der Waals surface area contributed by atoms with Crippen molar-refractivity contribution in [1.29, 1.82) is 0 Å². The number of benzene rings is 1. The summed E-state index contributed by atoms with van der Waals surface area (Å²) in [6, 6.07) is 10.1. The molecule has 1 nitrogen and oxygen atoms in total. The Morgan fingerprint density at radius 1 is 1.23 bits per heavy atom. The van der Waals surface area contributed by atoms with E-state index in [1.165, 1.54) is 17.9 Å². The van der Waals surface area contributed by atoms with E-state index < -0.39 is 8.07 Å². The van der Waals surface area contributed by atoms with Gasteiger partial charge in [-0.2, -0.15) is 0 Å². The number of para-hydroxylation sites is 1. The van der Waals surface area contributed by atoms with Crippen molar-refractivity contribution in [2.45, 2.75) is 19.1 Å². The second-order valence-corrected chi connectivity index (χ2v) is 9.82. The van der Waals surface area contributed by atoms with Crippen LogP contribution in [0.15, 0.2) is 24.3 Å². The fourth-order valence-corrected chi connectivity index (χ4v) is 5.23. The van der Waals surface area contributed by atoms with Crippen LogP contribution in [0.25, 0.3) is 0 Å². The average molecular weight is 191 g/mol. The Morgan fingerprint density at radius 2 is 1.92 bits per heavy atom. The molecule has 0 amide bonds. The quantitative estimate of drug-likeness (QED) is 0.569. The van der Waals surface area contributed by atoms with Gasteiger partial charge in [0.25, 0.3) is 0 Å². The Balaban J connectivity index is 2.43. The summed E-state index contributed by atoms with van der Waals surface area (Å²) in [5.74, 6) is 0. The molecule has 1 heterocycles. The normalized spacial score (nSPS) is 19.8. The molecule has 1 aromatic rings. The maximum absolute atomic E-state index is 2.47. The van der Waals surface area contributed by atoms with Gasteiger partial charge in [-0.1, -0.05) is 31.3 Å². The highest BCUT2D eigenvalue weighted by Gasteiger charge is 2.29. The van der Waals surface area contributed by atoms with Crippen LogP contribution < -0.4 is 4.90 Å². The maximum atomic E-state index is 2.47. The highest BCUT2D eigenvalue weighted by atomic mass is 28.3. The first-order valence-electron chi connectivity index (χ1n) is 4.88. The lowest BCUT2D eigenvalue weighted by atomic mass is 10.2. The van der Waals surface area contributed by atoms with Gasteiger partial charge in [0.2, 0.25) is 0 Å². The van der Waals surface area contributed by atoms with Gasteiger partial charge in [-0.3, -0.25) is 0 Å². The van der Waals surface area contributed by atoms with Gasteiger partial charge in [-0.25, -0.2) is 0 Å². The topological polar surface area (TPSA) is 3.24 Å². The Hall–Kier alpha value is -0.763. The number of fused-ring (bicyclic) bond motifs is 1. The van der Waals surface area contributed by atoms with Crippen LogP contribution in [0, 0.1) is 0 Å². The third-order valence-electron chi connectivity index (χ3n) is 2.74. The standard InChI is InChI=1S/C11H17NSi/c1-12-9-13(2,3)8-10-6-4-5-7-11(10)12/h4-7H,8-9H2,1-3H3.